The highest BCUT2D eigenvalue weighted by molar-refractivity contribution is 7.92. The van der Waals surface area contributed by atoms with Crippen molar-refractivity contribution in [2.45, 2.75) is 42.5 Å². The standard InChI is InChI=1S/C33H35FN4O7S/c1-18(2)46(42,43)28-8-6-5-7-22(28)30-23(33(40)41)12-14-38(30)32(39)29(24-16-26(44-3)27(45-4)17-25(24)34)37-20-9-10-21-19(15-20)11-13-36-31(21)35/h5-11,13,15-18,23,29-30,37H,12,14H2,1-4H3,(H2,35,36)(H,40,41)/t23?,29-,30?/m0/s1. The molecule has 11 nitrogen and oxygen atoms in total. The van der Waals surface area contributed by atoms with Gasteiger partial charge in [0.15, 0.2) is 21.3 Å². The highest BCUT2D eigenvalue weighted by Crippen LogP contribution is 2.43. The van der Waals surface area contributed by atoms with Crippen LogP contribution in [0.4, 0.5) is 15.9 Å². The van der Waals surface area contributed by atoms with E-state index in [4.69, 9.17) is 15.2 Å². The summed E-state index contributed by atoms with van der Waals surface area (Å²) in [6.45, 7) is 3.06. The van der Waals surface area contributed by atoms with E-state index in [1.165, 1.54) is 51.2 Å². The van der Waals surface area contributed by atoms with Gasteiger partial charge in [-0.1, -0.05) is 18.2 Å². The highest BCUT2D eigenvalue weighted by atomic mass is 32.2. The van der Waals surface area contributed by atoms with E-state index in [9.17, 15) is 23.1 Å². The molecule has 0 saturated carbocycles. The number of nitrogen functional groups attached to an aromatic ring is 1. The maximum Gasteiger partial charge on any atom is 0.309 e. The number of sulfone groups is 1. The zero-order valence-electron chi connectivity index (χ0n) is 25.7. The van der Waals surface area contributed by atoms with Crippen molar-refractivity contribution >= 4 is 44.0 Å². The van der Waals surface area contributed by atoms with Gasteiger partial charge in [0.2, 0.25) is 5.91 Å². The number of nitrogens with two attached hydrogens (primary N) is 1. The molecule has 1 aliphatic rings. The summed E-state index contributed by atoms with van der Waals surface area (Å²) in [5.74, 6) is -3.12. The number of pyridine rings is 1. The monoisotopic (exact) mass is 650 g/mol. The molecule has 0 radical (unpaired) electrons. The molecular formula is C33H35FN4O7S. The van der Waals surface area contributed by atoms with Crippen LogP contribution in [0.15, 0.2) is 71.8 Å². The van der Waals surface area contributed by atoms with Gasteiger partial charge in [0.05, 0.1) is 36.3 Å². The van der Waals surface area contributed by atoms with Crippen molar-refractivity contribution in [1.29, 1.82) is 0 Å². The number of halogens is 1. The second-order valence-electron chi connectivity index (χ2n) is 11.3. The number of methoxy groups -OCH3 is 2. The molecule has 242 valence electrons. The Kier molecular flexibility index (Phi) is 9.06. The Morgan fingerprint density at radius 1 is 1.07 bits per heavy atom. The molecule has 0 aliphatic carbocycles. The largest absolute Gasteiger partial charge is 0.493 e. The van der Waals surface area contributed by atoms with Crippen LogP contribution in [0.2, 0.25) is 0 Å². The molecule has 1 amide bonds. The van der Waals surface area contributed by atoms with Gasteiger partial charge in [-0.15, -0.1) is 0 Å². The number of carboxylic acids is 1. The molecule has 1 aromatic heterocycles. The summed E-state index contributed by atoms with van der Waals surface area (Å²) < 4.78 is 53.3. The average Bonchev–Trinajstić information content (AvgIpc) is 3.49. The van der Waals surface area contributed by atoms with Gasteiger partial charge in [0.25, 0.3) is 0 Å². The van der Waals surface area contributed by atoms with E-state index in [1.807, 2.05) is 0 Å². The lowest BCUT2D eigenvalue weighted by molar-refractivity contribution is -0.143. The quantitative estimate of drug-likeness (QED) is 0.213. The molecule has 0 bridgehead atoms. The number of carboxylic acid groups (broad SMARTS) is 1. The first kappa shape index (κ1) is 32.5. The first-order valence-electron chi connectivity index (χ1n) is 14.6. The number of rotatable bonds is 10. The maximum atomic E-state index is 15.8. The highest BCUT2D eigenvalue weighted by Gasteiger charge is 2.46. The number of amides is 1. The van der Waals surface area contributed by atoms with E-state index in [1.54, 1.807) is 42.6 Å². The van der Waals surface area contributed by atoms with E-state index in [0.717, 1.165) is 6.07 Å². The van der Waals surface area contributed by atoms with Crippen LogP contribution in [0.3, 0.4) is 0 Å². The molecular weight excluding hydrogens is 615 g/mol. The summed E-state index contributed by atoms with van der Waals surface area (Å²) in [7, 11) is -1.13. The smallest absolute Gasteiger partial charge is 0.309 e. The Balaban J connectivity index is 1.66. The van der Waals surface area contributed by atoms with Gasteiger partial charge in [0.1, 0.15) is 17.7 Å². The normalized spacial score (nSPS) is 17.2. The summed E-state index contributed by atoms with van der Waals surface area (Å²) in [6, 6.07) is 12.9. The van der Waals surface area contributed by atoms with E-state index in [0.29, 0.717) is 22.3 Å². The Hall–Kier alpha value is -4.91. The van der Waals surface area contributed by atoms with E-state index >= 15 is 4.39 Å². The molecule has 1 fully saturated rings. The van der Waals surface area contributed by atoms with Gasteiger partial charge >= 0.3 is 5.97 Å². The van der Waals surface area contributed by atoms with Crippen molar-refractivity contribution in [3.05, 3.63) is 83.8 Å². The van der Waals surface area contributed by atoms with Crippen LogP contribution in [-0.4, -0.2) is 61.3 Å². The lowest BCUT2D eigenvalue weighted by Gasteiger charge is -2.33. The van der Waals surface area contributed by atoms with Gasteiger partial charge in [0, 0.05) is 35.4 Å². The van der Waals surface area contributed by atoms with Crippen molar-refractivity contribution in [2.24, 2.45) is 5.92 Å². The van der Waals surface area contributed by atoms with E-state index in [2.05, 4.69) is 10.3 Å². The van der Waals surface area contributed by atoms with Crippen molar-refractivity contribution in [1.82, 2.24) is 9.88 Å². The number of anilines is 2. The number of ether oxygens (including phenoxy) is 2. The molecule has 3 atom stereocenters. The van der Waals surface area contributed by atoms with Gasteiger partial charge in [-0.25, -0.2) is 17.8 Å². The summed E-state index contributed by atoms with van der Waals surface area (Å²) in [4.78, 5) is 32.6. The fourth-order valence-electron chi connectivity index (χ4n) is 5.91. The van der Waals surface area contributed by atoms with Crippen LogP contribution in [-0.2, 0) is 19.4 Å². The number of aliphatic carboxylic acids is 1. The lowest BCUT2D eigenvalue weighted by atomic mass is 9.93. The van der Waals surface area contributed by atoms with Crippen molar-refractivity contribution in [3.63, 3.8) is 0 Å². The van der Waals surface area contributed by atoms with Crippen molar-refractivity contribution < 1.29 is 37.0 Å². The van der Waals surface area contributed by atoms with Crippen LogP contribution >= 0.6 is 0 Å². The number of carbonyl (C=O) groups excluding carboxylic acids is 1. The number of benzene rings is 3. The zero-order chi connectivity index (χ0) is 33.3. The lowest BCUT2D eigenvalue weighted by Crippen LogP contribution is -2.40. The number of fused-ring (bicyclic) bond motifs is 1. The van der Waals surface area contributed by atoms with Gasteiger partial charge in [-0.05, 0) is 67.6 Å². The number of nitrogens with one attached hydrogen (secondary N) is 1. The first-order valence-corrected chi connectivity index (χ1v) is 16.1. The molecule has 2 unspecified atom stereocenters. The minimum absolute atomic E-state index is 0.0104. The molecule has 3 aromatic carbocycles. The molecule has 46 heavy (non-hydrogen) atoms. The molecule has 1 aliphatic heterocycles. The van der Waals surface area contributed by atoms with Crippen LogP contribution < -0.4 is 20.5 Å². The number of hydrogen-bond acceptors (Lipinski definition) is 9. The fourth-order valence-corrected chi connectivity index (χ4v) is 7.20. The molecule has 13 heteroatoms. The third kappa shape index (κ3) is 5.89. The molecule has 0 spiro atoms. The third-order valence-corrected chi connectivity index (χ3v) is 10.6. The number of hydrogen-bond donors (Lipinski definition) is 3. The predicted molar refractivity (Wildman–Crippen MR) is 171 cm³/mol. The van der Waals surface area contributed by atoms with Gasteiger partial charge in [-0.3, -0.25) is 9.59 Å². The summed E-state index contributed by atoms with van der Waals surface area (Å²) in [6.07, 6.45) is 1.60. The van der Waals surface area contributed by atoms with Crippen LogP contribution in [0.25, 0.3) is 10.8 Å². The minimum Gasteiger partial charge on any atom is -0.493 e. The summed E-state index contributed by atoms with van der Waals surface area (Å²) >= 11 is 0. The molecule has 4 N–H and O–H groups in total. The Bertz CT molecular complexity index is 1920. The van der Waals surface area contributed by atoms with Crippen LogP contribution in [0.5, 0.6) is 11.5 Å². The van der Waals surface area contributed by atoms with E-state index in [-0.39, 0.29) is 40.5 Å². The summed E-state index contributed by atoms with van der Waals surface area (Å²) in [5, 5.41) is 14.0. The SMILES string of the molecule is COc1cc(F)c([C@H](Nc2ccc3c(N)nccc3c2)C(=O)N2CCC(C(=O)O)C2c2ccccc2S(=O)(=O)C(C)C)cc1OC. The third-order valence-electron chi connectivity index (χ3n) is 8.33. The fraction of sp³-hybridized carbons (Fsp3) is 0.303. The topological polar surface area (TPSA) is 161 Å². The van der Waals surface area contributed by atoms with Crippen LogP contribution in [0.1, 0.15) is 43.5 Å². The van der Waals surface area contributed by atoms with Crippen molar-refractivity contribution in [2.75, 3.05) is 31.8 Å². The molecule has 1 saturated heterocycles. The number of nitrogens with zero attached hydrogens (tertiary/aromatic N) is 2. The second kappa shape index (κ2) is 12.8. The van der Waals surface area contributed by atoms with Crippen LogP contribution in [0, 0.1) is 11.7 Å². The predicted octanol–water partition coefficient (Wildman–Crippen LogP) is 4.98. The minimum atomic E-state index is -3.86. The zero-order valence-corrected chi connectivity index (χ0v) is 26.5. The Morgan fingerprint density at radius 2 is 1.76 bits per heavy atom. The summed E-state index contributed by atoms with van der Waals surface area (Å²) in [5.41, 5.74) is 6.57. The molecule has 2 heterocycles. The molecule has 5 rings (SSSR count). The Morgan fingerprint density at radius 3 is 2.43 bits per heavy atom. The number of aromatic nitrogens is 1. The number of likely N-dealkylation sites (tertiary alicyclic amines) is 1. The van der Waals surface area contributed by atoms with Gasteiger partial charge < -0.3 is 30.5 Å². The van der Waals surface area contributed by atoms with E-state index < -0.39 is 50.8 Å². The second-order valence-corrected chi connectivity index (χ2v) is 13.8. The van der Waals surface area contributed by atoms with Crippen molar-refractivity contribution in [3.8, 4) is 11.5 Å². The Labute approximate surface area is 266 Å². The number of carbonyl (C=O) groups is 2. The first-order chi connectivity index (χ1) is 21.9. The maximum absolute atomic E-state index is 15.8. The average molecular weight is 651 g/mol. The van der Waals surface area contributed by atoms with Gasteiger partial charge in [-0.2, -0.15) is 0 Å². The molecule has 4 aromatic rings.